The van der Waals surface area contributed by atoms with E-state index in [4.69, 9.17) is 0 Å². The maximum Gasteiger partial charge on any atom is 0.238 e. The highest BCUT2D eigenvalue weighted by molar-refractivity contribution is 5.93. The number of nitrogens with one attached hydrogen (secondary N) is 1. The summed E-state index contributed by atoms with van der Waals surface area (Å²) in [6, 6.07) is 6.55. The number of carbonyl (C=O) groups is 1. The average Bonchev–Trinajstić information content (AvgIpc) is 2.38. The lowest BCUT2D eigenvalue weighted by Crippen LogP contribution is -2.42. The lowest BCUT2D eigenvalue weighted by molar-refractivity contribution is -0.118. The molecule has 0 radical (unpaired) electrons. The van der Waals surface area contributed by atoms with Crippen LogP contribution in [0.5, 0.6) is 0 Å². The van der Waals surface area contributed by atoms with Gasteiger partial charge in [-0.15, -0.1) is 0 Å². The lowest BCUT2D eigenvalue weighted by Gasteiger charge is -2.32. The molecule has 0 saturated carbocycles. The summed E-state index contributed by atoms with van der Waals surface area (Å²) >= 11 is 0. The van der Waals surface area contributed by atoms with Crippen molar-refractivity contribution in [1.82, 2.24) is 4.90 Å². The monoisotopic (exact) mass is 260 g/mol. The Bertz CT molecular complexity index is 456. The Morgan fingerprint density at radius 3 is 2.89 bits per heavy atom. The van der Waals surface area contributed by atoms with E-state index >= 15 is 0 Å². The Hall–Kier alpha value is -1.35. The zero-order valence-corrected chi connectivity index (χ0v) is 12.2. The van der Waals surface area contributed by atoms with Crippen molar-refractivity contribution in [3.63, 3.8) is 0 Å². The first kappa shape index (κ1) is 14.1. The molecule has 104 valence electrons. The number of anilines is 1. The summed E-state index contributed by atoms with van der Waals surface area (Å²) in [5, 5.41) is 3.04. The fourth-order valence-electron chi connectivity index (χ4n) is 2.65. The first-order chi connectivity index (χ1) is 9.08. The third-order valence-electron chi connectivity index (χ3n) is 4.17. The molecule has 0 bridgehead atoms. The Kier molecular flexibility index (Phi) is 4.59. The van der Waals surface area contributed by atoms with Gasteiger partial charge in [0.25, 0.3) is 0 Å². The maximum atomic E-state index is 12.1. The van der Waals surface area contributed by atoms with Crippen LogP contribution >= 0.6 is 0 Å². The molecule has 0 aliphatic carbocycles. The zero-order valence-electron chi connectivity index (χ0n) is 12.2. The van der Waals surface area contributed by atoms with Gasteiger partial charge in [-0.3, -0.25) is 9.69 Å². The van der Waals surface area contributed by atoms with Crippen LogP contribution in [0.15, 0.2) is 18.2 Å². The quantitative estimate of drug-likeness (QED) is 0.905. The Labute approximate surface area is 116 Å². The van der Waals surface area contributed by atoms with E-state index in [-0.39, 0.29) is 5.91 Å². The Morgan fingerprint density at radius 1 is 1.37 bits per heavy atom. The number of carbonyl (C=O) groups excluding carboxylic acids is 1. The third kappa shape index (κ3) is 3.57. The predicted octanol–water partition coefficient (Wildman–Crippen LogP) is 3.12. The van der Waals surface area contributed by atoms with E-state index in [1.165, 1.54) is 24.8 Å². The number of benzene rings is 1. The van der Waals surface area contributed by atoms with E-state index in [0.717, 1.165) is 17.8 Å². The van der Waals surface area contributed by atoms with Crippen LogP contribution in [0, 0.1) is 13.8 Å². The van der Waals surface area contributed by atoms with E-state index in [0.29, 0.717) is 12.6 Å². The molecule has 1 saturated heterocycles. The van der Waals surface area contributed by atoms with Crippen LogP contribution in [0.3, 0.4) is 0 Å². The molecule has 1 aromatic rings. The fourth-order valence-corrected chi connectivity index (χ4v) is 2.65. The molecule has 1 heterocycles. The largest absolute Gasteiger partial charge is 0.325 e. The minimum absolute atomic E-state index is 0.0995. The van der Waals surface area contributed by atoms with Crippen molar-refractivity contribution in [3.8, 4) is 0 Å². The van der Waals surface area contributed by atoms with Crippen molar-refractivity contribution < 1.29 is 4.79 Å². The molecule has 2 rings (SSSR count). The Morgan fingerprint density at radius 2 is 2.16 bits per heavy atom. The smallest absolute Gasteiger partial charge is 0.238 e. The molecule has 3 nitrogen and oxygen atoms in total. The van der Waals surface area contributed by atoms with E-state index in [1.54, 1.807) is 0 Å². The van der Waals surface area contributed by atoms with Gasteiger partial charge in [0.05, 0.1) is 6.54 Å². The van der Waals surface area contributed by atoms with Crippen LogP contribution in [0.1, 0.15) is 37.3 Å². The van der Waals surface area contributed by atoms with Crippen molar-refractivity contribution in [2.24, 2.45) is 0 Å². The van der Waals surface area contributed by atoms with Gasteiger partial charge in [0.1, 0.15) is 0 Å². The molecule has 1 N–H and O–H groups in total. The maximum absolute atomic E-state index is 12.1. The van der Waals surface area contributed by atoms with E-state index in [9.17, 15) is 4.79 Å². The van der Waals surface area contributed by atoms with Gasteiger partial charge in [-0.1, -0.05) is 18.6 Å². The molecule has 1 aliphatic heterocycles. The number of aryl methyl sites for hydroxylation is 1. The summed E-state index contributed by atoms with van der Waals surface area (Å²) in [7, 11) is 0. The molecule has 1 fully saturated rings. The van der Waals surface area contributed by atoms with Crippen LogP contribution in [-0.2, 0) is 4.79 Å². The van der Waals surface area contributed by atoms with Crippen LogP contribution in [-0.4, -0.2) is 29.9 Å². The standard InChI is InChI=1S/C16H24N2O/c1-12-7-6-9-15(14(12)3)17-16(19)11-18-10-5-4-8-13(18)2/h6-7,9,13H,4-5,8,10-11H2,1-3H3,(H,17,19). The van der Waals surface area contributed by atoms with E-state index < -0.39 is 0 Å². The first-order valence-corrected chi connectivity index (χ1v) is 7.18. The number of nitrogens with zero attached hydrogens (tertiary/aromatic N) is 1. The van der Waals surface area contributed by atoms with Crippen molar-refractivity contribution in [3.05, 3.63) is 29.3 Å². The average molecular weight is 260 g/mol. The SMILES string of the molecule is Cc1cccc(NC(=O)CN2CCCCC2C)c1C. The summed E-state index contributed by atoms with van der Waals surface area (Å²) in [4.78, 5) is 14.4. The Balaban J connectivity index is 1.95. The molecular formula is C16H24N2O. The van der Waals surface area contributed by atoms with Crippen molar-refractivity contribution >= 4 is 11.6 Å². The highest BCUT2D eigenvalue weighted by Gasteiger charge is 2.20. The second kappa shape index (κ2) is 6.20. The minimum Gasteiger partial charge on any atom is -0.325 e. The van der Waals surface area contributed by atoms with E-state index in [2.05, 4.69) is 37.1 Å². The summed E-state index contributed by atoms with van der Waals surface area (Å²) in [6.45, 7) is 7.88. The number of piperidine rings is 1. The third-order valence-corrected chi connectivity index (χ3v) is 4.17. The van der Waals surface area contributed by atoms with Crippen LogP contribution < -0.4 is 5.32 Å². The fraction of sp³-hybridized carbons (Fsp3) is 0.562. The molecular weight excluding hydrogens is 236 g/mol. The molecule has 1 aromatic carbocycles. The van der Waals surface area contributed by atoms with Gasteiger partial charge < -0.3 is 5.32 Å². The number of likely N-dealkylation sites (tertiary alicyclic amines) is 1. The topological polar surface area (TPSA) is 32.3 Å². The summed E-state index contributed by atoms with van der Waals surface area (Å²) < 4.78 is 0. The van der Waals surface area contributed by atoms with Gasteiger partial charge in [0.2, 0.25) is 5.91 Å². The van der Waals surface area contributed by atoms with Crippen molar-refractivity contribution in [2.75, 3.05) is 18.4 Å². The van der Waals surface area contributed by atoms with Gasteiger partial charge >= 0.3 is 0 Å². The summed E-state index contributed by atoms with van der Waals surface area (Å²) in [6.07, 6.45) is 3.70. The molecule has 1 atom stereocenters. The summed E-state index contributed by atoms with van der Waals surface area (Å²) in [5.41, 5.74) is 3.31. The van der Waals surface area contributed by atoms with Crippen LogP contribution in [0.25, 0.3) is 0 Å². The van der Waals surface area contributed by atoms with E-state index in [1.807, 2.05) is 12.1 Å². The highest BCUT2D eigenvalue weighted by atomic mass is 16.2. The minimum atomic E-state index is 0.0995. The van der Waals surface area contributed by atoms with Gasteiger partial charge in [0, 0.05) is 11.7 Å². The predicted molar refractivity (Wildman–Crippen MR) is 79.4 cm³/mol. The molecule has 0 spiro atoms. The van der Waals surface area contributed by atoms with Gasteiger partial charge in [-0.2, -0.15) is 0 Å². The highest BCUT2D eigenvalue weighted by Crippen LogP contribution is 2.19. The second-order valence-electron chi connectivity index (χ2n) is 5.61. The van der Waals surface area contributed by atoms with Crippen molar-refractivity contribution in [1.29, 1.82) is 0 Å². The van der Waals surface area contributed by atoms with Gasteiger partial charge in [-0.25, -0.2) is 0 Å². The molecule has 1 aliphatic rings. The normalized spacial score (nSPS) is 20.3. The van der Waals surface area contributed by atoms with Gasteiger partial charge in [0.15, 0.2) is 0 Å². The van der Waals surface area contributed by atoms with Crippen molar-refractivity contribution in [2.45, 2.75) is 46.1 Å². The number of rotatable bonds is 3. The van der Waals surface area contributed by atoms with Crippen LogP contribution in [0.2, 0.25) is 0 Å². The number of hydrogen-bond donors (Lipinski definition) is 1. The molecule has 0 aromatic heterocycles. The molecule has 3 heteroatoms. The molecule has 1 unspecified atom stereocenters. The summed E-state index contributed by atoms with van der Waals surface area (Å²) in [5.74, 6) is 0.0995. The number of hydrogen-bond acceptors (Lipinski definition) is 2. The molecule has 19 heavy (non-hydrogen) atoms. The molecule has 1 amide bonds. The lowest BCUT2D eigenvalue weighted by atomic mass is 10.0. The first-order valence-electron chi connectivity index (χ1n) is 7.18. The number of amides is 1. The van der Waals surface area contributed by atoms with Gasteiger partial charge in [-0.05, 0) is 57.4 Å². The zero-order chi connectivity index (χ0) is 13.8. The van der Waals surface area contributed by atoms with Crippen LogP contribution in [0.4, 0.5) is 5.69 Å². The second-order valence-corrected chi connectivity index (χ2v) is 5.61.